The highest BCUT2D eigenvalue weighted by molar-refractivity contribution is 7.91. The van der Waals surface area contributed by atoms with E-state index in [4.69, 9.17) is 0 Å². The largest absolute Gasteiger partial charge is 0.334 e. The molecule has 140 valence electrons. The zero-order valence-corrected chi connectivity index (χ0v) is 15.6. The zero-order chi connectivity index (χ0) is 18.7. The molecular weight excluding hydrogens is 354 g/mol. The molecule has 2 heterocycles. The van der Waals surface area contributed by atoms with Gasteiger partial charge in [0.05, 0.1) is 17.2 Å². The van der Waals surface area contributed by atoms with E-state index < -0.39 is 9.84 Å². The van der Waals surface area contributed by atoms with Crippen molar-refractivity contribution in [3.63, 3.8) is 0 Å². The van der Waals surface area contributed by atoms with E-state index in [9.17, 15) is 18.0 Å². The average Bonchev–Trinajstić information content (AvgIpc) is 3.00. The van der Waals surface area contributed by atoms with Crippen LogP contribution < -0.4 is 5.01 Å². The van der Waals surface area contributed by atoms with Crippen molar-refractivity contribution in [3.8, 4) is 0 Å². The minimum absolute atomic E-state index is 0.00729. The molecule has 1 atom stereocenters. The van der Waals surface area contributed by atoms with Crippen LogP contribution in [0.25, 0.3) is 0 Å². The highest BCUT2D eigenvalue weighted by Crippen LogP contribution is 2.23. The standard InChI is InChI=1S/C18H23N3O4S/c1-2-11-20(15-10-12-26(24,25)13-15)18(23)16-8-9-17(22)21(19-16)14-6-4-3-5-7-14/h3-7,15H,2,8-13H2,1H3. The summed E-state index contributed by atoms with van der Waals surface area (Å²) in [6, 6.07) is 8.68. The van der Waals surface area contributed by atoms with Crippen molar-refractivity contribution in [3.05, 3.63) is 30.3 Å². The molecule has 26 heavy (non-hydrogen) atoms. The maximum Gasteiger partial charge on any atom is 0.270 e. The Morgan fingerprint density at radius 1 is 1.27 bits per heavy atom. The minimum Gasteiger partial charge on any atom is -0.334 e. The molecule has 1 saturated heterocycles. The van der Waals surface area contributed by atoms with Crippen LogP contribution in [0.1, 0.15) is 32.6 Å². The molecule has 0 saturated carbocycles. The quantitative estimate of drug-likeness (QED) is 0.780. The molecule has 2 aliphatic heterocycles. The topological polar surface area (TPSA) is 87.1 Å². The molecule has 2 aliphatic rings. The first-order chi connectivity index (χ1) is 12.4. The summed E-state index contributed by atoms with van der Waals surface area (Å²) in [7, 11) is -3.08. The van der Waals surface area contributed by atoms with Gasteiger partial charge in [-0.05, 0) is 25.0 Å². The summed E-state index contributed by atoms with van der Waals surface area (Å²) in [5.74, 6) is -0.291. The highest BCUT2D eigenvalue weighted by atomic mass is 32.2. The fourth-order valence-corrected chi connectivity index (χ4v) is 5.09. The molecule has 2 amide bonds. The lowest BCUT2D eigenvalue weighted by Crippen LogP contribution is -2.47. The van der Waals surface area contributed by atoms with Crippen molar-refractivity contribution in [2.24, 2.45) is 5.10 Å². The van der Waals surface area contributed by atoms with Crippen molar-refractivity contribution in [2.75, 3.05) is 23.1 Å². The first kappa shape index (κ1) is 18.6. The van der Waals surface area contributed by atoms with Crippen molar-refractivity contribution in [2.45, 2.75) is 38.6 Å². The van der Waals surface area contributed by atoms with Crippen molar-refractivity contribution < 1.29 is 18.0 Å². The van der Waals surface area contributed by atoms with Crippen LogP contribution in [0.4, 0.5) is 5.69 Å². The fourth-order valence-electron chi connectivity index (χ4n) is 3.36. The summed E-state index contributed by atoms with van der Waals surface area (Å²) in [5, 5.41) is 5.57. The van der Waals surface area contributed by atoms with Gasteiger partial charge in [0.1, 0.15) is 5.71 Å². The molecule has 0 spiro atoms. The Kier molecular flexibility index (Phi) is 5.41. The van der Waals surface area contributed by atoms with Crippen molar-refractivity contribution in [1.29, 1.82) is 0 Å². The van der Waals surface area contributed by atoms with E-state index in [0.29, 0.717) is 24.4 Å². The lowest BCUT2D eigenvalue weighted by atomic mass is 10.1. The number of carbonyl (C=O) groups is 2. The predicted octanol–water partition coefficient (Wildman–Crippen LogP) is 1.60. The Morgan fingerprint density at radius 2 is 2.00 bits per heavy atom. The predicted molar refractivity (Wildman–Crippen MR) is 99.7 cm³/mol. The SMILES string of the molecule is CCCN(C(=O)C1=NN(c2ccccc2)C(=O)CC1)C1CCS(=O)(=O)C1. The molecule has 0 bridgehead atoms. The van der Waals surface area contributed by atoms with Gasteiger partial charge in [0.2, 0.25) is 5.91 Å². The number of carbonyl (C=O) groups excluding carboxylic acids is 2. The van der Waals surface area contributed by atoms with Gasteiger partial charge < -0.3 is 4.90 Å². The molecular formula is C18H23N3O4S. The van der Waals surface area contributed by atoms with E-state index >= 15 is 0 Å². The molecule has 3 rings (SSSR count). The van der Waals surface area contributed by atoms with Crippen LogP contribution in [-0.2, 0) is 19.4 Å². The molecule has 1 unspecified atom stereocenters. The summed E-state index contributed by atoms with van der Waals surface area (Å²) in [4.78, 5) is 26.9. The van der Waals surface area contributed by atoms with Crippen molar-refractivity contribution >= 4 is 33.1 Å². The lowest BCUT2D eigenvalue weighted by Gasteiger charge is -2.30. The smallest absolute Gasteiger partial charge is 0.270 e. The maximum absolute atomic E-state index is 13.0. The van der Waals surface area contributed by atoms with E-state index in [1.54, 1.807) is 29.2 Å². The number of para-hydroxylation sites is 1. The van der Waals surface area contributed by atoms with Gasteiger partial charge in [-0.3, -0.25) is 9.59 Å². The first-order valence-electron chi connectivity index (χ1n) is 8.88. The van der Waals surface area contributed by atoms with Crippen molar-refractivity contribution in [1.82, 2.24) is 4.90 Å². The van der Waals surface area contributed by atoms with E-state index in [2.05, 4.69) is 5.10 Å². The Morgan fingerprint density at radius 3 is 2.62 bits per heavy atom. The monoisotopic (exact) mass is 377 g/mol. The number of amides is 2. The Bertz CT molecular complexity index is 820. The molecule has 7 nitrogen and oxygen atoms in total. The van der Waals surface area contributed by atoms with E-state index in [1.807, 2.05) is 13.0 Å². The van der Waals surface area contributed by atoms with Gasteiger partial charge in [0.25, 0.3) is 5.91 Å². The molecule has 0 N–H and O–H groups in total. The van der Waals surface area contributed by atoms with E-state index in [0.717, 1.165) is 6.42 Å². The third-order valence-corrected chi connectivity index (χ3v) is 6.41. The van der Waals surface area contributed by atoms with Crippen LogP contribution in [-0.4, -0.2) is 54.9 Å². The molecule has 8 heteroatoms. The molecule has 0 aliphatic carbocycles. The first-order valence-corrected chi connectivity index (χ1v) is 10.7. The highest BCUT2D eigenvalue weighted by Gasteiger charge is 2.37. The second kappa shape index (κ2) is 7.57. The van der Waals surface area contributed by atoms with Crippen LogP contribution in [0.15, 0.2) is 35.4 Å². The number of hydrogen-bond donors (Lipinski definition) is 0. The van der Waals surface area contributed by atoms with Crippen LogP contribution in [0.5, 0.6) is 0 Å². The van der Waals surface area contributed by atoms with Crippen LogP contribution in [0.3, 0.4) is 0 Å². The zero-order valence-electron chi connectivity index (χ0n) is 14.8. The maximum atomic E-state index is 13.0. The van der Waals surface area contributed by atoms with E-state index in [-0.39, 0.29) is 42.2 Å². The number of rotatable bonds is 5. The van der Waals surface area contributed by atoms with E-state index in [1.165, 1.54) is 5.01 Å². The third kappa shape index (κ3) is 3.95. The van der Waals surface area contributed by atoms with Crippen LogP contribution in [0, 0.1) is 0 Å². The summed E-state index contributed by atoms with van der Waals surface area (Å²) in [6.07, 6.45) is 1.68. The Hall–Kier alpha value is -2.22. The molecule has 1 fully saturated rings. The third-order valence-electron chi connectivity index (χ3n) is 4.65. The van der Waals surface area contributed by atoms with Gasteiger partial charge in [-0.2, -0.15) is 5.10 Å². The number of anilines is 1. The number of hydrogen-bond acceptors (Lipinski definition) is 5. The molecule has 0 radical (unpaired) electrons. The summed E-state index contributed by atoms with van der Waals surface area (Å²) in [5.41, 5.74) is 0.930. The lowest BCUT2D eigenvalue weighted by molar-refractivity contribution is -0.126. The molecule has 1 aromatic carbocycles. The second-order valence-corrected chi connectivity index (χ2v) is 8.87. The summed E-state index contributed by atoms with van der Waals surface area (Å²) < 4.78 is 23.6. The van der Waals surface area contributed by atoms with Gasteiger partial charge in [-0.1, -0.05) is 25.1 Å². The van der Waals surface area contributed by atoms with Gasteiger partial charge in [-0.25, -0.2) is 13.4 Å². The summed E-state index contributed by atoms with van der Waals surface area (Å²) >= 11 is 0. The number of benzene rings is 1. The average molecular weight is 377 g/mol. The normalized spacial score (nSPS) is 22.2. The summed E-state index contributed by atoms with van der Waals surface area (Å²) in [6.45, 7) is 2.43. The van der Waals surface area contributed by atoms with Gasteiger partial charge in [-0.15, -0.1) is 0 Å². The second-order valence-electron chi connectivity index (χ2n) is 6.64. The van der Waals surface area contributed by atoms with Gasteiger partial charge >= 0.3 is 0 Å². The molecule has 0 aromatic heterocycles. The minimum atomic E-state index is -3.08. The Balaban J connectivity index is 1.85. The Labute approximate surface area is 153 Å². The van der Waals surface area contributed by atoms with Gasteiger partial charge in [0, 0.05) is 25.4 Å². The molecule has 1 aromatic rings. The number of hydrazone groups is 1. The number of nitrogens with zero attached hydrogens (tertiary/aromatic N) is 3. The van der Waals surface area contributed by atoms with Gasteiger partial charge in [0.15, 0.2) is 9.84 Å². The number of sulfone groups is 1. The van der Waals surface area contributed by atoms with Crippen LogP contribution >= 0.6 is 0 Å². The van der Waals surface area contributed by atoms with Crippen LogP contribution in [0.2, 0.25) is 0 Å². The fraction of sp³-hybridized carbons (Fsp3) is 0.500.